The van der Waals surface area contributed by atoms with Crippen molar-refractivity contribution in [2.45, 2.75) is 13.3 Å². The summed E-state index contributed by atoms with van der Waals surface area (Å²) >= 11 is 1.37. The summed E-state index contributed by atoms with van der Waals surface area (Å²) in [7, 11) is 0. The molecule has 1 heterocycles. The van der Waals surface area contributed by atoms with Crippen molar-refractivity contribution in [3.8, 4) is 5.75 Å². The van der Waals surface area contributed by atoms with E-state index < -0.39 is 5.91 Å². The van der Waals surface area contributed by atoms with Gasteiger partial charge in [0.1, 0.15) is 10.8 Å². The zero-order chi connectivity index (χ0) is 21.8. The number of ether oxygens (including phenoxy) is 1. The van der Waals surface area contributed by atoms with Gasteiger partial charge in [0.25, 0.3) is 11.8 Å². The van der Waals surface area contributed by atoms with E-state index in [9.17, 15) is 9.59 Å². The Hall–Kier alpha value is -3.64. The van der Waals surface area contributed by atoms with E-state index in [4.69, 9.17) is 10.5 Å². The van der Waals surface area contributed by atoms with Crippen LogP contribution in [0.25, 0.3) is 10.8 Å². The quantitative estimate of drug-likeness (QED) is 0.437. The molecule has 2 amide bonds. The second-order valence-corrected chi connectivity index (χ2v) is 8.30. The van der Waals surface area contributed by atoms with Crippen LogP contribution in [0.1, 0.15) is 26.4 Å². The molecule has 0 aliphatic rings. The van der Waals surface area contributed by atoms with Gasteiger partial charge in [0.05, 0.1) is 5.56 Å². The lowest BCUT2D eigenvalue weighted by Crippen LogP contribution is -2.22. The molecule has 0 spiro atoms. The zero-order valence-corrected chi connectivity index (χ0v) is 17.9. The van der Waals surface area contributed by atoms with Gasteiger partial charge in [-0.05, 0) is 29.5 Å². The number of benzene rings is 3. The van der Waals surface area contributed by atoms with Crippen LogP contribution in [0.3, 0.4) is 0 Å². The Balaban J connectivity index is 1.50. The van der Waals surface area contributed by atoms with Crippen molar-refractivity contribution in [3.05, 3.63) is 94.4 Å². The SMILES string of the molecule is Cc1c(Cc2ccccc2)sc(NC(=O)COc2cccc3ccccc23)c1C(N)=O. The lowest BCUT2D eigenvalue weighted by Gasteiger charge is -2.10. The predicted octanol–water partition coefficient (Wildman–Crippen LogP) is 4.92. The number of hydrogen-bond acceptors (Lipinski definition) is 4. The van der Waals surface area contributed by atoms with Gasteiger partial charge >= 0.3 is 0 Å². The summed E-state index contributed by atoms with van der Waals surface area (Å²) in [5, 5.41) is 5.25. The molecule has 156 valence electrons. The molecule has 6 heteroatoms. The van der Waals surface area contributed by atoms with E-state index in [2.05, 4.69) is 5.32 Å². The van der Waals surface area contributed by atoms with Crippen molar-refractivity contribution in [2.75, 3.05) is 11.9 Å². The van der Waals surface area contributed by atoms with Gasteiger partial charge in [-0.25, -0.2) is 0 Å². The van der Waals surface area contributed by atoms with Crippen LogP contribution in [0, 0.1) is 6.92 Å². The molecule has 0 unspecified atom stereocenters. The molecule has 0 fully saturated rings. The number of carbonyl (C=O) groups excluding carboxylic acids is 2. The molecule has 31 heavy (non-hydrogen) atoms. The van der Waals surface area contributed by atoms with Crippen LogP contribution < -0.4 is 15.8 Å². The molecule has 5 nitrogen and oxygen atoms in total. The number of nitrogens with two attached hydrogens (primary N) is 1. The number of nitrogens with one attached hydrogen (secondary N) is 1. The van der Waals surface area contributed by atoms with Crippen LogP contribution in [0.4, 0.5) is 5.00 Å². The third kappa shape index (κ3) is 4.59. The largest absolute Gasteiger partial charge is 0.483 e. The highest BCUT2D eigenvalue weighted by Gasteiger charge is 2.21. The summed E-state index contributed by atoms with van der Waals surface area (Å²) < 4.78 is 5.76. The monoisotopic (exact) mass is 430 g/mol. The maximum absolute atomic E-state index is 12.6. The number of hydrogen-bond donors (Lipinski definition) is 2. The minimum atomic E-state index is -0.557. The van der Waals surface area contributed by atoms with Crippen molar-refractivity contribution >= 4 is 38.9 Å². The highest BCUT2D eigenvalue weighted by molar-refractivity contribution is 7.17. The smallest absolute Gasteiger partial charge is 0.262 e. The molecule has 0 radical (unpaired) electrons. The highest BCUT2D eigenvalue weighted by Crippen LogP contribution is 2.34. The first-order chi connectivity index (χ1) is 15.0. The molecule has 0 aliphatic heterocycles. The molecular weight excluding hydrogens is 408 g/mol. The third-order valence-electron chi connectivity index (χ3n) is 5.06. The Morgan fingerprint density at radius 1 is 0.968 bits per heavy atom. The number of carbonyl (C=O) groups is 2. The van der Waals surface area contributed by atoms with Crippen LogP contribution >= 0.6 is 11.3 Å². The molecule has 0 saturated heterocycles. The van der Waals surface area contributed by atoms with Gasteiger partial charge in [0, 0.05) is 16.7 Å². The number of primary amides is 1. The number of fused-ring (bicyclic) bond motifs is 1. The van der Waals surface area contributed by atoms with Crippen molar-refractivity contribution in [1.29, 1.82) is 0 Å². The first kappa shape index (κ1) is 20.6. The van der Waals surface area contributed by atoms with E-state index in [0.29, 0.717) is 22.7 Å². The second-order valence-electron chi connectivity index (χ2n) is 7.20. The Morgan fingerprint density at radius 2 is 1.68 bits per heavy atom. The lowest BCUT2D eigenvalue weighted by molar-refractivity contribution is -0.118. The topological polar surface area (TPSA) is 81.4 Å². The fourth-order valence-corrected chi connectivity index (χ4v) is 4.78. The molecule has 0 atom stereocenters. The van der Waals surface area contributed by atoms with Gasteiger partial charge in [-0.2, -0.15) is 0 Å². The summed E-state index contributed by atoms with van der Waals surface area (Å²) in [5.41, 5.74) is 7.89. The minimum absolute atomic E-state index is 0.169. The summed E-state index contributed by atoms with van der Waals surface area (Å²) in [6.45, 7) is 1.69. The Bertz CT molecular complexity index is 1240. The highest BCUT2D eigenvalue weighted by atomic mass is 32.1. The number of anilines is 1. The Labute approximate surface area is 184 Å². The first-order valence-electron chi connectivity index (χ1n) is 9.89. The average Bonchev–Trinajstić information content (AvgIpc) is 3.07. The third-order valence-corrected chi connectivity index (χ3v) is 6.27. The molecular formula is C25H22N2O3S. The summed E-state index contributed by atoms with van der Waals surface area (Å²) in [6, 6.07) is 23.5. The summed E-state index contributed by atoms with van der Waals surface area (Å²) in [4.78, 5) is 25.6. The van der Waals surface area contributed by atoms with Crippen molar-refractivity contribution in [3.63, 3.8) is 0 Å². The fourth-order valence-electron chi connectivity index (χ4n) is 3.52. The lowest BCUT2D eigenvalue weighted by atomic mass is 10.1. The van der Waals surface area contributed by atoms with E-state index in [1.807, 2.05) is 79.7 Å². The van der Waals surface area contributed by atoms with E-state index in [1.54, 1.807) is 0 Å². The van der Waals surface area contributed by atoms with Gasteiger partial charge in [-0.3, -0.25) is 9.59 Å². The molecule has 3 aromatic carbocycles. The molecule has 0 saturated carbocycles. The molecule has 1 aromatic heterocycles. The van der Waals surface area contributed by atoms with Crippen molar-refractivity contribution in [2.24, 2.45) is 5.73 Å². The van der Waals surface area contributed by atoms with Crippen molar-refractivity contribution < 1.29 is 14.3 Å². The normalized spacial score (nSPS) is 10.7. The van der Waals surface area contributed by atoms with Gasteiger partial charge in [0.2, 0.25) is 0 Å². The van der Waals surface area contributed by atoms with Crippen LogP contribution in [-0.2, 0) is 11.2 Å². The Morgan fingerprint density at radius 3 is 2.45 bits per heavy atom. The van der Waals surface area contributed by atoms with Gasteiger partial charge in [-0.15, -0.1) is 11.3 Å². The Kier molecular flexibility index (Phi) is 6.00. The fraction of sp³-hybridized carbons (Fsp3) is 0.120. The predicted molar refractivity (Wildman–Crippen MR) is 125 cm³/mol. The molecule has 4 rings (SSSR count). The van der Waals surface area contributed by atoms with Crippen LogP contribution in [0.5, 0.6) is 5.75 Å². The van der Waals surface area contributed by atoms with Gasteiger partial charge in [0.15, 0.2) is 6.61 Å². The summed E-state index contributed by atoms with van der Waals surface area (Å²) in [5.74, 6) is -0.267. The summed E-state index contributed by atoms with van der Waals surface area (Å²) in [6.07, 6.45) is 0.667. The van der Waals surface area contributed by atoms with E-state index in [-0.39, 0.29) is 12.5 Å². The van der Waals surface area contributed by atoms with Crippen LogP contribution in [0.15, 0.2) is 72.8 Å². The van der Waals surface area contributed by atoms with Crippen LogP contribution in [0.2, 0.25) is 0 Å². The van der Waals surface area contributed by atoms with Crippen LogP contribution in [-0.4, -0.2) is 18.4 Å². The number of thiophene rings is 1. The molecule has 0 bridgehead atoms. The number of amides is 2. The van der Waals surface area contributed by atoms with E-state index >= 15 is 0 Å². The zero-order valence-electron chi connectivity index (χ0n) is 17.1. The molecule has 4 aromatic rings. The van der Waals surface area contributed by atoms with Gasteiger partial charge in [-0.1, -0.05) is 66.7 Å². The number of rotatable bonds is 7. The molecule has 3 N–H and O–H groups in total. The minimum Gasteiger partial charge on any atom is -0.483 e. The van der Waals surface area contributed by atoms with Gasteiger partial charge < -0.3 is 15.8 Å². The van der Waals surface area contributed by atoms with E-state index in [0.717, 1.165) is 26.8 Å². The average molecular weight is 431 g/mol. The molecule has 0 aliphatic carbocycles. The maximum atomic E-state index is 12.6. The maximum Gasteiger partial charge on any atom is 0.262 e. The second kappa shape index (κ2) is 9.02. The van der Waals surface area contributed by atoms with E-state index in [1.165, 1.54) is 11.3 Å². The standard InChI is InChI=1S/C25H22N2O3S/c1-16-21(14-17-8-3-2-4-9-17)31-25(23(16)24(26)29)27-22(28)15-30-20-13-7-11-18-10-5-6-12-19(18)20/h2-13H,14-15H2,1H3,(H2,26,29)(H,27,28). The first-order valence-corrected chi connectivity index (χ1v) is 10.7. The van der Waals surface area contributed by atoms with Crippen molar-refractivity contribution in [1.82, 2.24) is 0 Å².